The molecule has 0 saturated carbocycles. The van der Waals surface area contributed by atoms with E-state index in [-0.39, 0.29) is 0 Å². The first-order valence-electron chi connectivity index (χ1n) is 10.6. The molecule has 4 aromatic carbocycles. The molecule has 0 atom stereocenters. The fourth-order valence-electron chi connectivity index (χ4n) is 4.50. The van der Waals surface area contributed by atoms with Crippen LogP contribution in [0.25, 0.3) is 64.8 Å². The molecule has 7 rings (SSSR count). The molecule has 1 N–H and O–H groups in total. The molecule has 4 heteroatoms. The fraction of sp³-hybridized carbons (Fsp3) is 0. The largest absolute Gasteiger partial charge is 0.354 e. The molecular weight excluding hydrogens is 410 g/mol. The molecule has 3 nitrogen and oxygen atoms in total. The normalized spacial score (nSPS) is 11.8. The minimum Gasteiger partial charge on any atom is -0.354 e. The highest BCUT2D eigenvalue weighted by atomic mass is 32.1. The maximum Gasteiger partial charge on any atom is 0.160 e. The van der Waals surface area contributed by atoms with Crippen LogP contribution in [0.3, 0.4) is 0 Å². The van der Waals surface area contributed by atoms with Gasteiger partial charge in [0, 0.05) is 43.0 Å². The predicted molar refractivity (Wildman–Crippen MR) is 135 cm³/mol. The SMILES string of the molecule is c1ccc(-c2nc(-c3ccccc3)c3sc4cc5c(cc4c3n2)[nH]c2ccccc25)cc1. The van der Waals surface area contributed by atoms with E-state index >= 15 is 0 Å². The number of nitrogens with zero attached hydrogens (tertiary/aromatic N) is 2. The molecule has 150 valence electrons. The Morgan fingerprint density at radius 3 is 2.12 bits per heavy atom. The van der Waals surface area contributed by atoms with Crippen LogP contribution in [-0.2, 0) is 0 Å². The van der Waals surface area contributed by atoms with E-state index < -0.39 is 0 Å². The van der Waals surface area contributed by atoms with Crippen molar-refractivity contribution in [2.45, 2.75) is 0 Å². The molecule has 3 aromatic heterocycles. The topological polar surface area (TPSA) is 41.6 Å². The lowest BCUT2D eigenvalue weighted by molar-refractivity contribution is 1.24. The molecule has 0 spiro atoms. The molecule has 0 fully saturated rings. The van der Waals surface area contributed by atoms with Gasteiger partial charge in [0.1, 0.15) is 0 Å². The number of nitrogens with one attached hydrogen (secondary N) is 1. The van der Waals surface area contributed by atoms with Gasteiger partial charge < -0.3 is 4.98 Å². The van der Waals surface area contributed by atoms with E-state index in [9.17, 15) is 0 Å². The third-order valence-electron chi connectivity index (χ3n) is 6.02. The summed E-state index contributed by atoms with van der Waals surface area (Å²) in [6.45, 7) is 0. The molecule has 0 unspecified atom stereocenters. The van der Waals surface area contributed by atoms with Gasteiger partial charge in [-0.3, -0.25) is 0 Å². The summed E-state index contributed by atoms with van der Waals surface area (Å²) >= 11 is 1.77. The van der Waals surface area contributed by atoms with Crippen LogP contribution >= 0.6 is 11.3 Å². The minimum absolute atomic E-state index is 0.758. The number of para-hydroxylation sites is 1. The third-order valence-corrected chi connectivity index (χ3v) is 7.17. The fourth-order valence-corrected chi connectivity index (χ4v) is 5.67. The van der Waals surface area contributed by atoms with E-state index in [0.29, 0.717) is 0 Å². The van der Waals surface area contributed by atoms with Crippen molar-refractivity contribution >= 4 is 53.4 Å². The molecule has 0 aliphatic heterocycles. The lowest BCUT2D eigenvalue weighted by Crippen LogP contribution is -1.93. The molecule has 0 aliphatic rings. The summed E-state index contributed by atoms with van der Waals surface area (Å²) in [5, 5.41) is 3.67. The molecule has 0 aliphatic carbocycles. The average Bonchev–Trinajstić information content (AvgIpc) is 3.40. The Hall–Kier alpha value is -4.02. The average molecular weight is 428 g/mol. The number of benzene rings is 4. The van der Waals surface area contributed by atoms with E-state index in [4.69, 9.17) is 9.97 Å². The molecule has 3 heterocycles. The van der Waals surface area contributed by atoms with Crippen LogP contribution in [0.15, 0.2) is 97.1 Å². The zero-order chi connectivity index (χ0) is 21.1. The molecular formula is C28H17N3S. The number of H-pyrrole nitrogens is 1. The first kappa shape index (κ1) is 17.6. The van der Waals surface area contributed by atoms with Crippen molar-refractivity contribution in [3.8, 4) is 22.6 Å². The van der Waals surface area contributed by atoms with E-state index in [1.165, 1.54) is 20.9 Å². The van der Waals surface area contributed by atoms with Gasteiger partial charge in [-0.05, 0) is 18.2 Å². The minimum atomic E-state index is 0.758. The van der Waals surface area contributed by atoms with Crippen molar-refractivity contribution in [3.05, 3.63) is 97.1 Å². The summed E-state index contributed by atoms with van der Waals surface area (Å²) in [5.74, 6) is 0.758. The number of thiophene rings is 1. The Balaban J connectivity index is 1.61. The van der Waals surface area contributed by atoms with Crippen molar-refractivity contribution in [1.29, 1.82) is 0 Å². The van der Waals surface area contributed by atoms with E-state index in [1.54, 1.807) is 11.3 Å². The molecule has 0 radical (unpaired) electrons. The first-order chi connectivity index (χ1) is 15.8. The van der Waals surface area contributed by atoms with Crippen LogP contribution in [-0.4, -0.2) is 15.0 Å². The van der Waals surface area contributed by atoms with Crippen LogP contribution in [0.1, 0.15) is 0 Å². The summed E-state index contributed by atoms with van der Waals surface area (Å²) in [4.78, 5) is 13.7. The van der Waals surface area contributed by atoms with Crippen molar-refractivity contribution < 1.29 is 0 Å². The number of hydrogen-bond donors (Lipinski definition) is 1. The van der Waals surface area contributed by atoms with Gasteiger partial charge >= 0.3 is 0 Å². The monoisotopic (exact) mass is 427 g/mol. The van der Waals surface area contributed by atoms with Crippen LogP contribution in [0.4, 0.5) is 0 Å². The van der Waals surface area contributed by atoms with E-state index in [0.717, 1.165) is 43.9 Å². The molecule has 0 saturated heterocycles. The Morgan fingerprint density at radius 1 is 0.594 bits per heavy atom. The third kappa shape index (κ3) is 2.60. The summed E-state index contributed by atoms with van der Waals surface area (Å²) in [5.41, 5.74) is 6.44. The summed E-state index contributed by atoms with van der Waals surface area (Å²) < 4.78 is 2.36. The van der Waals surface area contributed by atoms with Gasteiger partial charge in [0.05, 0.1) is 15.9 Å². The van der Waals surface area contributed by atoms with Crippen LogP contribution in [0.5, 0.6) is 0 Å². The Morgan fingerprint density at radius 2 is 1.31 bits per heavy atom. The van der Waals surface area contributed by atoms with Gasteiger partial charge in [-0.25, -0.2) is 9.97 Å². The smallest absolute Gasteiger partial charge is 0.160 e. The van der Waals surface area contributed by atoms with Gasteiger partial charge in [-0.2, -0.15) is 0 Å². The number of rotatable bonds is 2. The maximum atomic E-state index is 5.07. The van der Waals surface area contributed by atoms with Gasteiger partial charge in [-0.1, -0.05) is 78.9 Å². The number of fused-ring (bicyclic) bond motifs is 6. The van der Waals surface area contributed by atoms with Crippen molar-refractivity contribution in [2.24, 2.45) is 0 Å². The first-order valence-corrected chi connectivity index (χ1v) is 11.4. The van der Waals surface area contributed by atoms with E-state index in [1.807, 2.05) is 24.3 Å². The Kier molecular flexibility index (Phi) is 3.72. The molecule has 0 bridgehead atoms. The highest BCUT2D eigenvalue weighted by Crippen LogP contribution is 2.41. The maximum absolute atomic E-state index is 5.07. The summed E-state index contributed by atoms with van der Waals surface area (Å²) in [6.07, 6.45) is 0. The van der Waals surface area contributed by atoms with E-state index in [2.05, 4.69) is 77.8 Å². The molecule has 32 heavy (non-hydrogen) atoms. The second-order valence-corrected chi connectivity index (χ2v) is 9.02. The second kappa shape index (κ2) is 6.74. The molecule has 0 amide bonds. The zero-order valence-electron chi connectivity index (χ0n) is 17.0. The van der Waals surface area contributed by atoms with Crippen molar-refractivity contribution in [3.63, 3.8) is 0 Å². The number of hydrogen-bond acceptors (Lipinski definition) is 3. The van der Waals surface area contributed by atoms with Crippen LogP contribution < -0.4 is 0 Å². The highest BCUT2D eigenvalue weighted by molar-refractivity contribution is 7.26. The quantitative estimate of drug-likeness (QED) is 0.306. The highest BCUT2D eigenvalue weighted by Gasteiger charge is 2.17. The van der Waals surface area contributed by atoms with Crippen molar-refractivity contribution in [1.82, 2.24) is 15.0 Å². The van der Waals surface area contributed by atoms with Gasteiger partial charge in [-0.15, -0.1) is 11.3 Å². The standard InChI is InChI=1S/C28H17N3S/c1-3-9-17(10-4-1)25-27-26(31-28(30-25)18-11-5-2-6-12-18)21-15-23-20(16-24(21)32-27)19-13-7-8-14-22(19)29-23/h1-16,29H. The predicted octanol–water partition coefficient (Wildman–Crippen LogP) is 7.81. The second-order valence-electron chi connectivity index (χ2n) is 7.97. The van der Waals surface area contributed by atoms with Crippen LogP contribution in [0, 0.1) is 0 Å². The summed E-state index contributed by atoms with van der Waals surface area (Å²) in [6, 6.07) is 33.7. The van der Waals surface area contributed by atoms with Gasteiger partial charge in [0.25, 0.3) is 0 Å². The Labute approximate surface area is 188 Å². The Bertz CT molecular complexity index is 1760. The lowest BCUT2D eigenvalue weighted by atomic mass is 10.1. The molecule has 7 aromatic rings. The number of aromatic nitrogens is 3. The zero-order valence-corrected chi connectivity index (χ0v) is 17.9. The number of aromatic amines is 1. The van der Waals surface area contributed by atoms with Gasteiger partial charge in [0.15, 0.2) is 5.82 Å². The lowest BCUT2D eigenvalue weighted by Gasteiger charge is -2.06. The summed E-state index contributed by atoms with van der Waals surface area (Å²) in [7, 11) is 0. The van der Waals surface area contributed by atoms with Crippen LogP contribution in [0.2, 0.25) is 0 Å². The van der Waals surface area contributed by atoms with Gasteiger partial charge in [0.2, 0.25) is 0 Å². The van der Waals surface area contributed by atoms with Crippen molar-refractivity contribution in [2.75, 3.05) is 0 Å².